The summed E-state index contributed by atoms with van der Waals surface area (Å²) in [5.41, 5.74) is 1.02. The van der Waals surface area contributed by atoms with Crippen molar-refractivity contribution >= 4 is 11.8 Å². The molecule has 0 bridgehead atoms. The van der Waals surface area contributed by atoms with Crippen LogP contribution in [-0.2, 0) is 11.3 Å². The Balaban J connectivity index is 2.14. The summed E-state index contributed by atoms with van der Waals surface area (Å²) in [5.74, 6) is -0.256. The Morgan fingerprint density at radius 2 is 1.53 bits per heavy atom. The largest absolute Gasteiger partial charge is 0.493 e. The van der Waals surface area contributed by atoms with E-state index in [-0.39, 0.29) is 29.8 Å². The minimum Gasteiger partial charge on any atom is -0.493 e. The van der Waals surface area contributed by atoms with E-state index in [4.69, 9.17) is 14.2 Å². The maximum atomic E-state index is 13.0. The van der Waals surface area contributed by atoms with Crippen LogP contribution in [0, 0.1) is 11.7 Å². The van der Waals surface area contributed by atoms with Crippen molar-refractivity contribution in [2.75, 3.05) is 21.3 Å². The summed E-state index contributed by atoms with van der Waals surface area (Å²) in [4.78, 5) is 25.5. The van der Waals surface area contributed by atoms with E-state index in [1.54, 1.807) is 12.1 Å². The molecule has 8 heteroatoms. The van der Waals surface area contributed by atoms with Crippen molar-refractivity contribution in [3.8, 4) is 17.2 Å². The Bertz CT molecular complexity index is 859. The van der Waals surface area contributed by atoms with Crippen molar-refractivity contribution in [1.82, 2.24) is 10.6 Å². The molecule has 2 aromatic carbocycles. The number of rotatable bonds is 9. The normalized spacial score (nSPS) is 11.6. The van der Waals surface area contributed by atoms with Crippen molar-refractivity contribution in [2.24, 2.45) is 5.92 Å². The van der Waals surface area contributed by atoms with E-state index in [1.807, 2.05) is 13.8 Å². The number of methoxy groups -OCH3 is 3. The maximum absolute atomic E-state index is 13.0. The number of hydrogen-bond acceptors (Lipinski definition) is 5. The predicted octanol–water partition coefficient (Wildman–Crippen LogP) is 2.92. The highest BCUT2D eigenvalue weighted by Crippen LogP contribution is 2.38. The van der Waals surface area contributed by atoms with Crippen molar-refractivity contribution in [1.29, 1.82) is 0 Å². The molecule has 0 heterocycles. The Hall–Kier alpha value is -3.29. The fraction of sp³-hybridized carbons (Fsp3) is 0.364. The maximum Gasteiger partial charge on any atom is 0.252 e. The van der Waals surface area contributed by atoms with Gasteiger partial charge in [-0.1, -0.05) is 26.0 Å². The molecule has 2 N–H and O–H groups in total. The molecule has 0 saturated heterocycles. The van der Waals surface area contributed by atoms with E-state index in [1.165, 1.54) is 45.6 Å². The van der Waals surface area contributed by atoms with Gasteiger partial charge in [-0.05, 0) is 35.7 Å². The zero-order valence-corrected chi connectivity index (χ0v) is 17.7. The number of carbonyl (C=O) groups excluding carboxylic acids is 2. The number of benzene rings is 2. The second-order valence-electron chi connectivity index (χ2n) is 6.95. The second-order valence-corrected chi connectivity index (χ2v) is 6.95. The van der Waals surface area contributed by atoms with Crippen molar-refractivity contribution in [2.45, 2.75) is 26.4 Å². The summed E-state index contributed by atoms with van der Waals surface area (Å²) in [5, 5.41) is 5.53. The van der Waals surface area contributed by atoms with E-state index < -0.39 is 11.9 Å². The lowest BCUT2D eigenvalue weighted by Crippen LogP contribution is -2.49. The molecule has 0 radical (unpaired) electrons. The van der Waals surface area contributed by atoms with Gasteiger partial charge in [-0.3, -0.25) is 9.59 Å². The SMILES string of the molecule is COc1cc(C(=O)N[C@H](C(=O)NCc2ccc(F)cc2)C(C)C)cc(OC)c1OC. The van der Waals surface area contributed by atoms with Crippen molar-refractivity contribution in [3.05, 3.63) is 53.3 Å². The lowest BCUT2D eigenvalue weighted by Gasteiger charge is -2.22. The average Bonchev–Trinajstić information content (AvgIpc) is 2.75. The Kier molecular flexibility index (Phi) is 8.03. The van der Waals surface area contributed by atoms with Crippen LogP contribution < -0.4 is 24.8 Å². The van der Waals surface area contributed by atoms with Crippen LogP contribution in [0.15, 0.2) is 36.4 Å². The molecule has 0 aliphatic heterocycles. The van der Waals surface area contributed by atoms with Crippen molar-refractivity contribution in [3.63, 3.8) is 0 Å². The summed E-state index contributed by atoms with van der Waals surface area (Å²) in [6.45, 7) is 3.89. The fourth-order valence-electron chi connectivity index (χ4n) is 2.87. The second kappa shape index (κ2) is 10.5. The molecule has 0 fully saturated rings. The minimum atomic E-state index is -0.767. The number of nitrogens with one attached hydrogen (secondary N) is 2. The van der Waals surface area contributed by atoms with Gasteiger partial charge < -0.3 is 24.8 Å². The number of ether oxygens (including phenoxy) is 3. The zero-order valence-electron chi connectivity index (χ0n) is 17.7. The molecule has 2 rings (SSSR count). The van der Waals surface area contributed by atoms with Crippen molar-refractivity contribution < 1.29 is 28.2 Å². The lowest BCUT2D eigenvalue weighted by atomic mass is 10.0. The van der Waals surface area contributed by atoms with Crippen LogP contribution >= 0.6 is 0 Å². The zero-order chi connectivity index (χ0) is 22.3. The topological polar surface area (TPSA) is 85.9 Å². The van der Waals surface area contributed by atoms with Gasteiger partial charge in [0.05, 0.1) is 21.3 Å². The third-order valence-electron chi connectivity index (χ3n) is 4.54. The van der Waals surface area contributed by atoms with Gasteiger partial charge in [0.2, 0.25) is 11.7 Å². The highest BCUT2D eigenvalue weighted by Gasteiger charge is 2.26. The monoisotopic (exact) mass is 418 g/mol. The molecule has 0 aliphatic carbocycles. The first-order valence-electron chi connectivity index (χ1n) is 9.43. The predicted molar refractivity (Wildman–Crippen MR) is 110 cm³/mol. The Morgan fingerprint density at radius 1 is 0.967 bits per heavy atom. The smallest absolute Gasteiger partial charge is 0.252 e. The standard InChI is InChI=1S/C22H27FN2O5/c1-13(2)19(22(27)24-12-14-6-8-16(23)9-7-14)25-21(26)15-10-17(28-3)20(30-5)18(11-15)29-4/h6-11,13,19H,12H2,1-5H3,(H,24,27)(H,25,26)/t19-/m0/s1. The summed E-state index contributed by atoms with van der Waals surface area (Å²) in [6.07, 6.45) is 0. The number of halogens is 1. The molecule has 162 valence electrons. The van der Waals surface area contributed by atoms with E-state index in [0.717, 1.165) is 5.56 Å². The van der Waals surface area contributed by atoms with Crippen LogP contribution in [0.3, 0.4) is 0 Å². The third kappa shape index (κ3) is 5.62. The molecule has 0 aliphatic rings. The molecule has 0 unspecified atom stereocenters. The van der Waals surface area contributed by atoms with Crippen LogP contribution in [0.25, 0.3) is 0 Å². The van der Waals surface area contributed by atoms with Gasteiger partial charge in [-0.2, -0.15) is 0 Å². The highest BCUT2D eigenvalue weighted by molar-refractivity contribution is 5.98. The molecule has 1 atom stereocenters. The molecule has 0 saturated carbocycles. The molecule has 0 spiro atoms. The lowest BCUT2D eigenvalue weighted by molar-refractivity contribution is -0.124. The van der Waals surface area contributed by atoms with Crippen LogP contribution in [0.2, 0.25) is 0 Å². The van der Waals surface area contributed by atoms with E-state index in [0.29, 0.717) is 17.2 Å². The van der Waals surface area contributed by atoms with Gasteiger partial charge >= 0.3 is 0 Å². The fourth-order valence-corrected chi connectivity index (χ4v) is 2.87. The average molecular weight is 418 g/mol. The van der Waals surface area contributed by atoms with Crippen LogP contribution in [0.1, 0.15) is 29.8 Å². The highest BCUT2D eigenvalue weighted by atomic mass is 19.1. The summed E-state index contributed by atoms with van der Waals surface area (Å²) >= 11 is 0. The molecule has 2 amide bonds. The van der Waals surface area contributed by atoms with Gasteiger partial charge in [-0.15, -0.1) is 0 Å². The van der Waals surface area contributed by atoms with E-state index in [9.17, 15) is 14.0 Å². The van der Waals surface area contributed by atoms with Gasteiger partial charge in [0, 0.05) is 12.1 Å². The molecule has 30 heavy (non-hydrogen) atoms. The quantitative estimate of drug-likeness (QED) is 0.654. The van der Waals surface area contributed by atoms with Crippen LogP contribution in [-0.4, -0.2) is 39.2 Å². The van der Waals surface area contributed by atoms with Gasteiger partial charge in [0.1, 0.15) is 11.9 Å². The molecule has 0 aromatic heterocycles. The summed E-state index contributed by atoms with van der Waals surface area (Å²) in [6, 6.07) is 8.11. The first-order valence-corrected chi connectivity index (χ1v) is 9.43. The first-order chi connectivity index (χ1) is 14.3. The van der Waals surface area contributed by atoms with E-state index >= 15 is 0 Å². The van der Waals surface area contributed by atoms with Crippen LogP contribution in [0.5, 0.6) is 17.2 Å². The van der Waals surface area contributed by atoms with E-state index in [2.05, 4.69) is 10.6 Å². The Labute approximate surface area is 175 Å². The molecular weight excluding hydrogens is 391 g/mol. The molecular formula is C22H27FN2O5. The van der Waals surface area contributed by atoms with Gasteiger partial charge in [0.25, 0.3) is 5.91 Å². The number of carbonyl (C=O) groups is 2. The summed E-state index contributed by atoms with van der Waals surface area (Å²) < 4.78 is 28.8. The first kappa shape index (κ1) is 23.0. The molecule has 2 aromatic rings. The Morgan fingerprint density at radius 3 is 2.00 bits per heavy atom. The molecule has 7 nitrogen and oxygen atoms in total. The number of amides is 2. The van der Waals surface area contributed by atoms with Crippen LogP contribution in [0.4, 0.5) is 4.39 Å². The summed E-state index contributed by atoms with van der Waals surface area (Å²) in [7, 11) is 4.39. The van der Waals surface area contributed by atoms with Gasteiger partial charge in [-0.25, -0.2) is 4.39 Å². The number of hydrogen-bond donors (Lipinski definition) is 2. The minimum absolute atomic E-state index is 0.163. The van der Waals surface area contributed by atoms with Gasteiger partial charge in [0.15, 0.2) is 11.5 Å². The third-order valence-corrected chi connectivity index (χ3v) is 4.54.